The van der Waals surface area contributed by atoms with Crippen LogP contribution in [0.3, 0.4) is 0 Å². The van der Waals surface area contributed by atoms with E-state index in [2.05, 4.69) is 20.3 Å². The van der Waals surface area contributed by atoms with Crippen molar-refractivity contribution in [2.24, 2.45) is 0 Å². The van der Waals surface area contributed by atoms with Gasteiger partial charge in [0, 0.05) is 25.0 Å². The summed E-state index contributed by atoms with van der Waals surface area (Å²) in [5.74, 6) is -1.02. The van der Waals surface area contributed by atoms with Crippen molar-refractivity contribution in [3.05, 3.63) is 34.5 Å². The third-order valence-corrected chi connectivity index (χ3v) is 7.11. The van der Waals surface area contributed by atoms with Crippen LogP contribution in [0.4, 0.5) is 24.4 Å². The average Bonchev–Trinajstić information content (AvgIpc) is 3.48. The molecule has 0 spiro atoms. The molecule has 4 aromatic rings. The summed E-state index contributed by atoms with van der Waals surface area (Å²) in [7, 11) is 4.92. The van der Waals surface area contributed by atoms with Crippen molar-refractivity contribution in [1.82, 2.24) is 15.0 Å². The first-order chi connectivity index (χ1) is 18.4. The van der Waals surface area contributed by atoms with E-state index in [1.165, 1.54) is 7.11 Å². The molecule has 1 aliphatic heterocycles. The van der Waals surface area contributed by atoms with Crippen LogP contribution in [0, 0.1) is 23.0 Å². The molecule has 10 nitrogen and oxygen atoms in total. The van der Waals surface area contributed by atoms with Gasteiger partial charge in [-0.25, -0.2) is 13.6 Å². The number of carbonyl (C=O) groups excluding carboxylic acids is 1. The van der Waals surface area contributed by atoms with Gasteiger partial charge in [-0.15, -0.1) is 11.3 Å². The zero-order valence-corrected chi connectivity index (χ0v) is 22.8. The van der Waals surface area contributed by atoms with Crippen LogP contribution in [0.5, 0.6) is 6.01 Å². The molecule has 0 saturated heterocycles. The first-order valence-corrected chi connectivity index (χ1v) is 12.6. The van der Waals surface area contributed by atoms with E-state index < -0.39 is 23.3 Å². The fourth-order valence-corrected chi connectivity index (χ4v) is 5.54. The van der Waals surface area contributed by atoms with Crippen LogP contribution in [0.2, 0.25) is 0 Å². The molecule has 3 aromatic heterocycles. The number of nitriles is 1. The van der Waals surface area contributed by atoms with Crippen molar-refractivity contribution < 1.29 is 27.8 Å². The second kappa shape index (κ2) is 9.55. The van der Waals surface area contributed by atoms with Crippen LogP contribution < -0.4 is 15.0 Å². The number of carbonyl (C=O) groups is 1. The second-order valence-corrected chi connectivity index (χ2v) is 11.0. The Bertz CT molecular complexity index is 1710. The van der Waals surface area contributed by atoms with Crippen molar-refractivity contribution in [3.63, 3.8) is 0 Å². The van der Waals surface area contributed by atoms with Crippen molar-refractivity contribution in [3.8, 4) is 23.3 Å². The van der Waals surface area contributed by atoms with E-state index in [1.807, 2.05) is 6.07 Å². The number of nitrogens with zero attached hydrogens (tertiary/aromatic N) is 5. The lowest BCUT2D eigenvalue weighted by Gasteiger charge is -2.19. The fraction of sp³-hybridized carbons (Fsp3) is 0.346. The summed E-state index contributed by atoms with van der Waals surface area (Å²) in [6.45, 7) is 5.30. The summed E-state index contributed by atoms with van der Waals surface area (Å²) in [5.41, 5.74) is 0.329. The molecule has 1 aliphatic rings. The first-order valence-electron chi connectivity index (χ1n) is 11.8. The molecule has 0 aliphatic carbocycles. The largest absolute Gasteiger partial charge is 0.467 e. The molecule has 13 heteroatoms. The van der Waals surface area contributed by atoms with Gasteiger partial charge in [-0.1, -0.05) is 0 Å². The van der Waals surface area contributed by atoms with Crippen molar-refractivity contribution in [2.45, 2.75) is 39.6 Å². The number of benzene rings is 1. The number of aromatic nitrogens is 3. The van der Waals surface area contributed by atoms with Gasteiger partial charge in [0.25, 0.3) is 0 Å². The summed E-state index contributed by atoms with van der Waals surface area (Å²) in [5, 5.41) is 13.2. The minimum absolute atomic E-state index is 0.0232. The van der Waals surface area contributed by atoms with Crippen LogP contribution in [0.1, 0.15) is 37.5 Å². The van der Waals surface area contributed by atoms with Gasteiger partial charge in [0.1, 0.15) is 28.0 Å². The fourth-order valence-electron chi connectivity index (χ4n) is 4.50. The molecular weight excluding hydrogens is 530 g/mol. The molecule has 4 heterocycles. The minimum Gasteiger partial charge on any atom is -0.467 e. The Kier molecular flexibility index (Phi) is 6.48. The zero-order valence-electron chi connectivity index (χ0n) is 22.0. The van der Waals surface area contributed by atoms with Gasteiger partial charge in [0.05, 0.1) is 47.9 Å². The summed E-state index contributed by atoms with van der Waals surface area (Å²) in [6.07, 6.45) is 0.149. The Morgan fingerprint density at radius 3 is 2.56 bits per heavy atom. The minimum atomic E-state index is -0.813. The highest BCUT2D eigenvalue weighted by atomic mass is 32.1. The zero-order chi connectivity index (χ0) is 28.2. The number of ether oxygens (including phenoxy) is 3. The van der Waals surface area contributed by atoms with Gasteiger partial charge in [-0.3, -0.25) is 10.3 Å². The topological polar surface area (TPSA) is 122 Å². The Balaban J connectivity index is 1.82. The lowest BCUT2D eigenvalue weighted by molar-refractivity contribution is 0.0636. The number of halogens is 2. The first kappa shape index (κ1) is 26.5. The molecule has 0 atom stereocenters. The maximum atomic E-state index is 16.5. The third-order valence-electron chi connectivity index (χ3n) is 6.00. The molecular formula is C26H24F2N6O4S. The van der Waals surface area contributed by atoms with E-state index in [0.29, 0.717) is 22.3 Å². The van der Waals surface area contributed by atoms with Gasteiger partial charge >= 0.3 is 12.1 Å². The molecule has 39 heavy (non-hydrogen) atoms. The Morgan fingerprint density at radius 1 is 1.21 bits per heavy atom. The number of amides is 1. The summed E-state index contributed by atoms with van der Waals surface area (Å²) in [4.78, 5) is 27.1. The smallest absolute Gasteiger partial charge is 0.412 e. The molecule has 5 rings (SSSR count). The number of thiophene rings is 1. The Morgan fingerprint density at radius 2 is 1.92 bits per heavy atom. The number of hydrogen-bond donors (Lipinski definition) is 1. The van der Waals surface area contributed by atoms with Crippen molar-refractivity contribution in [1.29, 1.82) is 5.26 Å². The Hall–Kier alpha value is -4.15. The normalized spacial score (nSPS) is 12.9. The van der Waals surface area contributed by atoms with Gasteiger partial charge in [-0.05, 0) is 31.9 Å². The quantitative estimate of drug-likeness (QED) is 0.348. The van der Waals surface area contributed by atoms with Gasteiger partial charge in [0.2, 0.25) is 0 Å². The van der Waals surface area contributed by atoms with Crippen molar-refractivity contribution in [2.75, 3.05) is 31.4 Å². The van der Waals surface area contributed by atoms with E-state index in [4.69, 9.17) is 14.2 Å². The van der Waals surface area contributed by atoms with Crippen molar-refractivity contribution >= 4 is 49.2 Å². The summed E-state index contributed by atoms with van der Waals surface area (Å²) in [6, 6.07) is 1.98. The van der Waals surface area contributed by atoms with Gasteiger partial charge in [0.15, 0.2) is 11.6 Å². The van der Waals surface area contributed by atoms with Gasteiger partial charge < -0.3 is 19.1 Å². The number of pyridine rings is 1. The Labute approximate surface area is 226 Å². The second-order valence-electron chi connectivity index (χ2n) is 9.99. The van der Waals surface area contributed by atoms with E-state index in [0.717, 1.165) is 17.5 Å². The monoisotopic (exact) mass is 554 g/mol. The molecule has 0 bridgehead atoms. The standard InChI is InChI=1S/C26H24F2N6O4S/c1-26(2,3)38-25(35)33-23-11(7-29)16-19(30-8-14(27)21(16)39-23)15-12-9-37-10-13(12)17-20(18(15)28)31-24(36-6)32-22(17)34(4)5/h8H,9-10H2,1-6H3,(H,33,35). The molecule has 202 valence electrons. The SMILES string of the molecule is COc1nc(N(C)C)c2c3c(c(-c4ncc(F)c5sc(NC(=O)OC(C)(C)C)c(C#N)c45)c(F)c2n1)COC3. The van der Waals surface area contributed by atoms with E-state index in [9.17, 15) is 10.1 Å². The number of anilines is 2. The highest BCUT2D eigenvalue weighted by Gasteiger charge is 2.32. The molecule has 0 saturated carbocycles. The highest BCUT2D eigenvalue weighted by Crippen LogP contribution is 2.47. The number of fused-ring (bicyclic) bond motifs is 4. The number of nitrogens with one attached hydrogen (secondary N) is 1. The lowest BCUT2D eigenvalue weighted by atomic mass is 9.93. The number of rotatable bonds is 4. The average molecular weight is 555 g/mol. The summed E-state index contributed by atoms with van der Waals surface area (Å²) >= 11 is 0.838. The van der Waals surface area contributed by atoms with Crippen LogP contribution in [0.25, 0.3) is 32.2 Å². The molecule has 1 N–H and O–H groups in total. The van der Waals surface area contributed by atoms with E-state index in [1.54, 1.807) is 39.8 Å². The molecule has 1 amide bonds. The third kappa shape index (κ3) is 4.45. The predicted molar refractivity (Wildman–Crippen MR) is 142 cm³/mol. The highest BCUT2D eigenvalue weighted by molar-refractivity contribution is 7.23. The van der Waals surface area contributed by atoms with E-state index in [-0.39, 0.29) is 56.6 Å². The van der Waals surface area contributed by atoms with Crippen LogP contribution in [0.15, 0.2) is 6.20 Å². The molecule has 0 unspecified atom stereocenters. The van der Waals surface area contributed by atoms with Crippen LogP contribution in [-0.4, -0.2) is 47.9 Å². The lowest BCUT2D eigenvalue weighted by Crippen LogP contribution is -2.27. The number of methoxy groups -OCH3 is 1. The molecule has 1 aromatic carbocycles. The molecule has 0 radical (unpaired) electrons. The van der Waals surface area contributed by atoms with Crippen LogP contribution in [-0.2, 0) is 22.7 Å². The maximum Gasteiger partial charge on any atom is 0.412 e. The maximum absolute atomic E-state index is 16.5. The van der Waals surface area contributed by atoms with Crippen LogP contribution >= 0.6 is 11.3 Å². The molecule has 0 fully saturated rings. The van der Waals surface area contributed by atoms with E-state index >= 15 is 8.78 Å². The van der Waals surface area contributed by atoms with Gasteiger partial charge in [-0.2, -0.15) is 15.2 Å². The predicted octanol–water partition coefficient (Wildman–Crippen LogP) is 5.51. The summed E-state index contributed by atoms with van der Waals surface area (Å²) < 4.78 is 47.8. The number of hydrogen-bond acceptors (Lipinski definition) is 10.